The summed E-state index contributed by atoms with van der Waals surface area (Å²) in [5.74, 6) is 0.649. The molecular formula is C13H28N2O3S. The summed E-state index contributed by atoms with van der Waals surface area (Å²) in [5, 5.41) is 3.24. The van der Waals surface area contributed by atoms with Gasteiger partial charge in [0.15, 0.2) is 0 Å². The number of hydrogen-bond donors (Lipinski definition) is 1. The van der Waals surface area contributed by atoms with Gasteiger partial charge < -0.3 is 10.1 Å². The average Bonchev–Trinajstić information content (AvgIpc) is 2.35. The minimum Gasteiger partial charge on any atom is -0.380 e. The Kier molecular flexibility index (Phi) is 6.73. The SMILES string of the molecule is COC1CN(S(=O)(=O)CCCNC(C)C)CCC1C. The molecule has 2 atom stereocenters. The molecule has 1 aliphatic heterocycles. The Hall–Kier alpha value is -0.170. The molecule has 0 aromatic carbocycles. The zero-order chi connectivity index (χ0) is 14.5. The summed E-state index contributed by atoms with van der Waals surface area (Å²) in [4.78, 5) is 0. The first-order valence-corrected chi connectivity index (χ1v) is 8.71. The van der Waals surface area contributed by atoms with Gasteiger partial charge in [-0.2, -0.15) is 4.31 Å². The van der Waals surface area contributed by atoms with Crippen LogP contribution in [-0.4, -0.2) is 57.4 Å². The number of hydrogen-bond acceptors (Lipinski definition) is 4. The van der Waals surface area contributed by atoms with Crippen LogP contribution in [0.2, 0.25) is 0 Å². The van der Waals surface area contributed by atoms with E-state index in [1.54, 1.807) is 11.4 Å². The lowest BCUT2D eigenvalue weighted by molar-refractivity contribution is 0.0184. The van der Waals surface area contributed by atoms with Gasteiger partial charge in [0.2, 0.25) is 10.0 Å². The maximum absolute atomic E-state index is 12.2. The first kappa shape index (κ1) is 16.9. The molecule has 0 aromatic heterocycles. The van der Waals surface area contributed by atoms with E-state index in [0.29, 0.717) is 31.5 Å². The topological polar surface area (TPSA) is 58.6 Å². The molecule has 0 bridgehead atoms. The third kappa shape index (κ3) is 5.38. The summed E-state index contributed by atoms with van der Waals surface area (Å²) in [6.45, 7) is 8.10. The van der Waals surface area contributed by atoms with Crippen LogP contribution in [0.5, 0.6) is 0 Å². The molecule has 114 valence electrons. The molecule has 1 N–H and O–H groups in total. The molecule has 1 saturated heterocycles. The Morgan fingerprint density at radius 1 is 1.42 bits per heavy atom. The van der Waals surface area contributed by atoms with E-state index >= 15 is 0 Å². The predicted octanol–water partition coefficient (Wildman–Crippen LogP) is 1.06. The van der Waals surface area contributed by atoms with Crippen LogP contribution < -0.4 is 5.32 Å². The van der Waals surface area contributed by atoms with Crippen LogP contribution >= 0.6 is 0 Å². The number of sulfonamides is 1. The first-order chi connectivity index (χ1) is 8.86. The van der Waals surface area contributed by atoms with E-state index in [1.165, 1.54) is 0 Å². The Morgan fingerprint density at radius 2 is 2.11 bits per heavy atom. The molecule has 0 aromatic rings. The van der Waals surface area contributed by atoms with Gasteiger partial charge in [0.1, 0.15) is 0 Å². The molecule has 1 fully saturated rings. The summed E-state index contributed by atoms with van der Waals surface area (Å²) in [6.07, 6.45) is 1.56. The Morgan fingerprint density at radius 3 is 2.68 bits per heavy atom. The molecule has 0 aliphatic carbocycles. The van der Waals surface area contributed by atoms with Gasteiger partial charge in [0.25, 0.3) is 0 Å². The van der Waals surface area contributed by atoms with Gasteiger partial charge in [0, 0.05) is 26.2 Å². The van der Waals surface area contributed by atoms with Gasteiger partial charge in [-0.1, -0.05) is 20.8 Å². The zero-order valence-corrected chi connectivity index (χ0v) is 13.4. The van der Waals surface area contributed by atoms with Gasteiger partial charge in [-0.25, -0.2) is 8.42 Å². The van der Waals surface area contributed by atoms with Gasteiger partial charge in [-0.05, 0) is 25.3 Å². The van der Waals surface area contributed by atoms with E-state index in [1.807, 2.05) is 0 Å². The third-order valence-electron chi connectivity index (χ3n) is 3.68. The van der Waals surface area contributed by atoms with Crippen molar-refractivity contribution in [3.63, 3.8) is 0 Å². The lowest BCUT2D eigenvalue weighted by atomic mass is 9.97. The van der Waals surface area contributed by atoms with Crippen LogP contribution in [0.15, 0.2) is 0 Å². The van der Waals surface area contributed by atoms with Gasteiger partial charge in [0.05, 0.1) is 11.9 Å². The van der Waals surface area contributed by atoms with Crippen molar-refractivity contribution >= 4 is 10.0 Å². The fourth-order valence-corrected chi connectivity index (χ4v) is 3.86. The Bertz CT molecular complexity index is 357. The Balaban J connectivity index is 2.44. The summed E-state index contributed by atoms with van der Waals surface area (Å²) in [5.41, 5.74) is 0. The lowest BCUT2D eigenvalue weighted by Gasteiger charge is -2.35. The average molecular weight is 292 g/mol. The molecule has 2 unspecified atom stereocenters. The molecule has 0 saturated carbocycles. The quantitative estimate of drug-likeness (QED) is 0.713. The molecule has 6 heteroatoms. The van der Waals surface area contributed by atoms with E-state index in [0.717, 1.165) is 13.0 Å². The number of nitrogens with zero attached hydrogens (tertiary/aromatic N) is 1. The van der Waals surface area contributed by atoms with Crippen molar-refractivity contribution in [2.45, 2.75) is 45.8 Å². The predicted molar refractivity (Wildman–Crippen MR) is 77.7 cm³/mol. The van der Waals surface area contributed by atoms with Crippen molar-refractivity contribution in [1.29, 1.82) is 0 Å². The summed E-state index contributed by atoms with van der Waals surface area (Å²) in [7, 11) is -1.48. The minimum atomic E-state index is -3.13. The highest BCUT2D eigenvalue weighted by Gasteiger charge is 2.32. The highest BCUT2D eigenvalue weighted by molar-refractivity contribution is 7.89. The standard InChI is InChI=1S/C13H28N2O3S/c1-11(2)14-7-5-9-19(16,17)15-8-6-12(3)13(10-15)18-4/h11-14H,5-10H2,1-4H3. The Labute approximate surface area is 117 Å². The van der Waals surface area contributed by atoms with E-state index < -0.39 is 10.0 Å². The third-order valence-corrected chi connectivity index (χ3v) is 5.60. The second-order valence-corrected chi connectivity index (χ2v) is 7.76. The van der Waals surface area contributed by atoms with Crippen LogP contribution in [0.4, 0.5) is 0 Å². The maximum atomic E-state index is 12.2. The molecule has 19 heavy (non-hydrogen) atoms. The van der Waals surface area contributed by atoms with E-state index in [2.05, 4.69) is 26.1 Å². The molecule has 1 aliphatic rings. The largest absolute Gasteiger partial charge is 0.380 e. The molecule has 0 spiro atoms. The molecular weight excluding hydrogens is 264 g/mol. The highest BCUT2D eigenvalue weighted by Crippen LogP contribution is 2.21. The second-order valence-electron chi connectivity index (χ2n) is 5.68. The van der Waals surface area contributed by atoms with Crippen LogP contribution in [0, 0.1) is 5.92 Å². The van der Waals surface area contributed by atoms with Crippen LogP contribution in [0.1, 0.15) is 33.6 Å². The molecule has 0 radical (unpaired) electrons. The van der Waals surface area contributed by atoms with Crippen molar-refractivity contribution in [1.82, 2.24) is 9.62 Å². The zero-order valence-electron chi connectivity index (χ0n) is 12.6. The summed E-state index contributed by atoms with van der Waals surface area (Å²) >= 11 is 0. The number of rotatable bonds is 7. The summed E-state index contributed by atoms with van der Waals surface area (Å²) in [6, 6.07) is 0.399. The van der Waals surface area contributed by atoms with Crippen molar-refractivity contribution in [3.05, 3.63) is 0 Å². The van der Waals surface area contributed by atoms with Crippen molar-refractivity contribution < 1.29 is 13.2 Å². The normalized spacial score (nSPS) is 25.9. The first-order valence-electron chi connectivity index (χ1n) is 7.11. The van der Waals surface area contributed by atoms with Crippen molar-refractivity contribution in [2.75, 3.05) is 32.5 Å². The number of ether oxygens (including phenoxy) is 1. The van der Waals surface area contributed by atoms with Crippen LogP contribution in [0.25, 0.3) is 0 Å². The van der Waals surface area contributed by atoms with E-state index in [-0.39, 0.29) is 11.9 Å². The number of methoxy groups -OCH3 is 1. The van der Waals surface area contributed by atoms with Gasteiger partial charge in [-0.3, -0.25) is 0 Å². The molecule has 1 rings (SSSR count). The summed E-state index contributed by atoms with van der Waals surface area (Å²) < 4.78 is 31.4. The number of nitrogens with one attached hydrogen (secondary N) is 1. The fraction of sp³-hybridized carbons (Fsp3) is 1.00. The van der Waals surface area contributed by atoms with Crippen molar-refractivity contribution in [3.8, 4) is 0 Å². The molecule has 1 heterocycles. The minimum absolute atomic E-state index is 0.0253. The van der Waals surface area contributed by atoms with Crippen LogP contribution in [0.3, 0.4) is 0 Å². The van der Waals surface area contributed by atoms with Crippen molar-refractivity contribution in [2.24, 2.45) is 5.92 Å². The van der Waals surface area contributed by atoms with Crippen LogP contribution in [-0.2, 0) is 14.8 Å². The smallest absolute Gasteiger partial charge is 0.214 e. The molecule has 5 nitrogen and oxygen atoms in total. The maximum Gasteiger partial charge on any atom is 0.214 e. The lowest BCUT2D eigenvalue weighted by Crippen LogP contribution is -2.47. The second kappa shape index (κ2) is 7.57. The monoisotopic (exact) mass is 292 g/mol. The van der Waals surface area contributed by atoms with E-state index in [9.17, 15) is 8.42 Å². The van der Waals surface area contributed by atoms with Gasteiger partial charge in [-0.15, -0.1) is 0 Å². The molecule has 0 amide bonds. The van der Waals surface area contributed by atoms with E-state index in [4.69, 9.17) is 4.74 Å². The number of piperidine rings is 1. The van der Waals surface area contributed by atoms with Gasteiger partial charge >= 0.3 is 0 Å². The highest BCUT2D eigenvalue weighted by atomic mass is 32.2. The fourth-order valence-electron chi connectivity index (χ4n) is 2.34.